The number of rotatable bonds is 10. The Morgan fingerprint density at radius 2 is 1.77 bits per heavy atom. The van der Waals surface area contributed by atoms with Crippen molar-refractivity contribution in [3.63, 3.8) is 0 Å². The van der Waals surface area contributed by atoms with E-state index in [2.05, 4.69) is 32.2 Å². The van der Waals surface area contributed by atoms with Gasteiger partial charge in [-0.25, -0.2) is 0 Å². The van der Waals surface area contributed by atoms with Gasteiger partial charge in [0.05, 0.1) is 59.0 Å². The molecule has 0 aliphatic carbocycles. The van der Waals surface area contributed by atoms with E-state index in [0.717, 1.165) is 29.3 Å². The Morgan fingerprint density at radius 1 is 1.06 bits per heavy atom. The average Bonchev–Trinajstić information content (AvgIpc) is 3.79. The quantitative estimate of drug-likeness (QED) is 0.172. The van der Waals surface area contributed by atoms with Crippen molar-refractivity contribution in [3.05, 3.63) is 82.9 Å². The number of esters is 1. The Balaban J connectivity index is 1.24. The zero-order valence-electron chi connectivity index (χ0n) is 30.7. The lowest BCUT2D eigenvalue weighted by Crippen LogP contribution is -2.54. The molecule has 4 aliphatic heterocycles. The topological polar surface area (TPSA) is 126 Å². The Kier molecular flexibility index (Phi) is 9.94. The molecule has 3 amide bonds. The van der Waals surface area contributed by atoms with Crippen molar-refractivity contribution in [2.24, 2.45) is 5.92 Å². The summed E-state index contributed by atoms with van der Waals surface area (Å²) in [5.41, 5.74) is 1.26. The average molecular weight is 760 g/mol. The molecule has 0 bridgehead atoms. The molecule has 4 heterocycles. The van der Waals surface area contributed by atoms with Crippen LogP contribution < -0.4 is 19.7 Å². The molecule has 3 aromatic rings. The molecule has 0 saturated carbocycles. The number of methoxy groups -OCH3 is 1. The second-order valence-corrected chi connectivity index (χ2v) is 20.3. The minimum atomic E-state index is -2.50. The minimum absolute atomic E-state index is 0.0781. The Hall–Kier alpha value is -4.23. The predicted molar refractivity (Wildman–Crippen MR) is 203 cm³/mol. The number of anilines is 2. The largest absolute Gasteiger partial charge is 0.497 e. The number of nitrogens with zero attached hydrogens (tertiary/aromatic N) is 3. The summed E-state index contributed by atoms with van der Waals surface area (Å²) in [5, 5.41) is 11.7. The van der Waals surface area contributed by atoms with Crippen molar-refractivity contribution < 1.29 is 38.5 Å². The number of aliphatic hydroxyl groups excluding tert-OH is 1. The molecular formula is C40H46ClN3O8Si. The molecule has 0 aromatic heterocycles. The summed E-state index contributed by atoms with van der Waals surface area (Å²) in [6.07, 6.45) is 0.603. The molecule has 1 unspecified atom stereocenters. The van der Waals surface area contributed by atoms with Crippen molar-refractivity contribution in [1.82, 2.24) is 4.90 Å². The van der Waals surface area contributed by atoms with E-state index in [1.54, 1.807) is 35.1 Å². The molecule has 13 heteroatoms. The van der Waals surface area contributed by atoms with Crippen LogP contribution in [-0.2, 0) is 40.8 Å². The van der Waals surface area contributed by atoms with Crippen LogP contribution in [0.3, 0.4) is 0 Å². The number of aliphatic hydroxyl groups is 1. The highest BCUT2D eigenvalue weighted by molar-refractivity contribution is 6.91. The monoisotopic (exact) mass is 759 g/mol. The van der Waals surface area contributed by atoms with Crippen LogP contribution in [0.4, 0.5) is 11.4 Å². The summed E-state index contributed by atoms with van der Waals surface area (Å²) in [4.78, 5) is 58.1. The second kappa shape index (κ2) is 14.2. The number of carbonyl (C=O) groups excluding carboxylic acids is 4. The number of ether oxygens (including phenoxy) is 3. The number of carbonyl (C=O) groups is 4. The van der Waals surface area contributed by atoms with Crippen molar-refractivity contribution in [2.45, 2.75) is 88.7 Å². The van der Waals surface area contributed by atoms with E-state index in [-0.39, 0.29) is 61.2 Å². The fourth-order valence-electron chi connectivity index (χ4n) is 9.21. The number of β-lactam (4-membered cyclic amide) rings is 1. The van der Waals surface area contributed by atoms with E-state index < -0.39 is 32.0 Å². The number of likely N-dealkylation sites (tertiary alicyclic amines) is 1. The highest BCUT2D eigenvalue weighted by atomic mass is 35.5. The van der Waals surface area contributed by atoms with Crippen LogP contribution in [0, 0.1) is 5.92 Å². The van der Waals surface area contributed by atoms with Gasteiger partial charge in [0.15, 0.2) is 11.8 Å². The molecule has 11 nitrogen and oxygen atoms in total. The molecule has 0 radical (unpaired) electrons. The summed E-state index contributed by atoms with van der Waals surface area (Å²) in [6.45, 7) is 8.66. The summed E-state index contributed by atoms with van der Waals surface area (Å²) >= 11 is 6.66. The van der Waals surface area contributed by atoms with Gasteiger partial charge in [-0.2, -0.15) is 0 Å². The number of hydrogen-bond donors (Lipinski definition) is 1. The maximum Gasteiger partial charge on any atom is 0.304 e. The van der Waals surface area contributed by atoms with Gasteiger partial charge in [-0.1, -0.05) is 61.1 Å². The van der Waals surface area contributed by atoms with Crippen LogP contribution in [0.2, 0.25) is 23.7 Å². The Bertz CT molecular complexity index is 1920. The second-order valence-electron chi connectivity index (χ2n) is 15.2. The summed E-state index contributed by atoms with van der Waals surface area (Å²) in [6, 6.07) is 20.6. The maximum atomic E-state index is 15.1. The van der Waals surface area contributed by atoms with Crippen LogP contribution >= 0.6 is 11.6 Å². The van der Waals surface area contributed by atoms with Crippen molar-refractivity contribution in [3.8, 4) is 5.75 Å². The normalized spacial score (nSPS) is 26.6. The molecule has 7 rings (SSSR count). The van der Waals surface area contributed by atoms with E-state index in [1.807, 2.05) is 36.4 Å². The van der Waals surface area contributed by atoms with Crippen LogP contribution in [-0.4, -0.2) is 80.4 Å². The van der Waals surface area contributed by atoms with Crippen molar-refractivity contribution >= 4 is 59.9 Å². The minimum Gasteiger partial charge on any atom is -0.497 e. The maximum absolute atomic E-state index is 15.1. The summed E-state index contributed by atoms with van der Waals surface area (Å²) < 4.78 is 17.9. The third-order valence-electron chi connectivity index (χ3n) is 11.8. The number of fused-ring (bicyclic) bond motifs is 2. The first kappa shape index (κ1) is 37.1. The van der Waals surface area contributed by atoms with E-state index >= 15 is 4.79 Å². The van der Waals surface area contributed by atoms with Crippen molar-refractivity contribution in [1.29, 1.82) is 0 Å². The highest BCUT2D eigenvalue weighted by Gasteiger charge is 2.66. The number of amides is 3. The number of benzene rings is 3. The summed E-state index contributed by atoms with van der Waals surface area (Å²) in [7, 11) is -0.863. The Morgan fingerprint density at radius 3 is 2.42 bits per heavy atom. The molecule has 4 aliphatic rings. The van der Waals surface area contributed by atoms with Crippen molar-refractivity contribution in [2.75, 3.05) is 30.1 Å². The Labute approximate surface area is 315 Å². The first-order valence-electron chi connectivity index (χ1n) is 18.2. The van der Waals surface area contributed by atoms with Gasteiger partial charge in [-0.15, -0.1) is 0 Å². The van der Waals surface area contributed by atoms with Gasteiger partial charge < -0.3 is 29.1 Å². The molecule has 1 spiro atoms. The van der Waals surface area contributed by atoms with E-state index in [4.69, 9.17) is 25.8 Å². The van der Waals surface area contributed by atoms with Crippen LogP contribution in [0.15, 0.2) is 66.7 Å². The first-order valence-corrected chi connectivity index (χ1v) is 21.7. The molecule has 3 fully saturated rings. The van der Waals surface area contributed by atoms with E-state index in [0.29, 0.717) is 28.5 Å². The molecule has 3 saturated heterocycles. The highest BCUT2D eigenvalue weighted by Crippen LogP contribution is 2.60. The van der Waals surface area contributed by atoms with Gasteiger partial charge in [0, 0.05) is 35.7 Å². The van der Waals surface area contributed by atoms with E-state index in [1.165, 1.54) is 11.8 Å². The number of halogens is 1. The lowest BCUT2D eigenvalue weighted by molar-refractivity contribution is -0.154. The molecule has 53 heavy (non-hydrogen) atoms. The van der Waals surface area contributed by atoms with Gasteiger partial charge in [0.2, 0.25) is 11.8 Å². The lowest BCUT2D eigenvalue weighted by atomic mass is 9.82. The third kappa shape index (κ3) is 6.33. The van der Waals surface area contributed by atoms with Gasteiger partial charge in [-0.3, -0.25) is 24.1 Å². The first-order chi connectivity index (χ1) is 25.3. The molecule has 280 valence electrons. The molecule has 6 atom stereocenters. The molecule has 1 N–H and O–H groups in total. The zero-order chi connectivity index (χ0) is 37.8. The third-order valence-corrected chi connectivity index (χ3v) is 16.4. The van der Waals surface area contributed by atoms with Gasteiger partial charge in [0.25, 0.3) is 5.91 Å². The number of hydrogen-bond acceptors (Lipinski definition) is 8. The predicted octanol–water partition coefficient (Wildman–Crippen LogP) is 5.11. The fourth-order valence-corrected chi connectivity index (χ4v) is 13.4. The fraction of sp³-hybridized carbons (Fsp3) is 0.450. The summed E-state index contributed by atoms with van der Waals surface area (Å²) in [5.74, 6) is -0.468. The molecular weight excluding hydrogens is 714 g/mol. The lowest BCUT2D eigenvalue weighted by Gasteiger charge is -2.39. The standard InChI is InChI=1S/C40H46ClN3O8Si/c1-24-38(53(4,5)31-15-13-30(50-3)14-16-31)34(20-35(47)42-18-6-7-29(42)23-45)52-40(24)32-19-27(41)10-17-33(32)43(39(40)49)22-26-8-11-28(12-9-26)44-36(48)21-37(44)51-25(2)46/h8-17,19,24,29,34,37-38,45H,6-7,18,20-23H2,1-5H3/t24-,29+,34+,37?,38-,40+/m1/s1. The zero-order valence-corrected chi connectivity index (χ0v) is 32.5. The van der Waals surface area contributed by atoms with Gasteiger partial charge in [0.1, 0.15) is 5.75 Å². The molecule has 3 aromatic carbocycles. The smallest absolute Gasteiger partial charge is 0.304 e. The van der Waals surface area contributed by atoms with Gasteiger partial charge in [-0.05, 0) is 66.4 Å². The van der Waals surface area contributed by atoms with E-state index in [9.17, 15) is 19.5 Å². The van der Waals surface area contributed by atoms with Crippen LogP contribution in [0.5, 0.6) is 5.75 Å². The van der Waals surface area contributed by atoms with Gasteiger partial charge >= 0.3 is 5.97 Å². The van der Waals surface area contributed by atoms with Crippen LogP contribution in [0.1, 0.15) is 50.7 Å². The van der Waals surface area contributed by atoms with Crippen LogP contribution in [0.25, 0.3) is 0 Å². The SMILES string of the molecule is COc1ccc([Si](C)(C)[C@H]2[C@H](CC(=O)N3CCC[C@H]3CO)O[C@@]3(C(=O)N(Cc4ccc(N5C(=O)CC5OC(C)=O)cc4)c4ccc(Cl)cc43)[C@@H]2C)cc1.